The molecular formula is C9H3Cl2F3N4. The van der Waals surface area contributed by atoms with Crippen LogP contribution < -0.4 is 5.32 Å². The van der Waals surface area contributed by atoms with Crippen LogP contribution in [0.5, 0.6) is 0 Å². The molecule has 0 bridgehead atoms. The molecular weight excluding hydrogens is 292 g/mol. The molecule has 0 unspecified atom stereocenters. The lowest BCUT2D eigenvalue weighted by molar-refractivity contribution is 0.496. The summed E-state index contributed by atoms with van der Waals surface area (Å²) in [5, 5.41) is 8.67. The van der Waals surface area contributed by atoms with E-state index in [1.165, 1.54) is 0 Å². The summed E-state index contributed by atoms with van der Waals surface area (Å²) in [5.74, 6) is -3.66. The van der Waals surface area contributed by atoms with E-state index in [0.717, 1.165) is 0 Å². The second-order valence-electron chi connectivity index (χ2n) is 3.09. The highest BCUT2D eigenvalue weighted by atomic mass is 35.5. The molecule has 4 nitrogen and oxygen atoms in total. The van der Waals surface area contributed by atoms with Gasteiger partial charge in [-0.05, 0) is 11.6 Å². The monoisotopic (exact) mass is 294 g/mol. The van der Waals surface area contributed by atoms with Crippen LogP contribution in [0, 0.1) is 17.5 Å². The summed E-state index contributed by atoms with van der Waals surface area (Å²) in [6.45, 7) is 0. The molecule has 0 saturated heterocycles. The smallest absolute Gasteiger partial charge is 0.245 e. The van der Waals surface area contributed by atoms with Crippen LogP contribution in [0.1, 0.15) is 0 Å². The van der Waals surface area contributed by atoms with Crippen LogP contribution in [-0.2, 0) is 0 Å². The summed E-state index contributed by atoms with van der Waals surface area (Å²) in [5.41, 5.74) is -0.354. The van der Waals surface area contributed by atoms with Gasteiger partial charge >= 0.3 is 0 Å². The first-order chi connectivity index (χ1) is 8.47. The minimum Gasteiger partial charge on any atom is -0.335 e. The fourth-order valence-corrected chi connectivity index (χ4v) is 1.37. The summed E-state index contributed by atoms with van der Waals surface area (Å²) in [4.78, 5) is 3.63. The predicted octanol–water partition coefficient (Wildman–Crippen LogP) is 3.34. The predicted molar refractivity (Wildman–Crippen MR) is 59.4 cm³/mol. The summed E-state index contributed by atoms with van der Waals surface area (Å²) in [7, 11) is 0. The van der Waals surface area contributed by atoms with E-state index in [2.05, 4.69) is 20.5 Å². The van der Waals surface area contributed by atoms with E-state index < -0.39 is 17.5 Å². The van der Waals surface area contributed by atoms with Gasteiger partial charge in [0.05, 0.1) is 5.69 Å². The van der Waals surface area contributed by atoms with Crippen LogP contribution in [0.4, 0.5) is 24.7 Å². The van der Waals surface area contributed by atoms with Crippen molar-refractivity contribution in [3.05, 3.63) is 40.0 Å². The van der Waals surface area contributed by atoms with E-state index >= 15 is 0 Å². The van der Waals surface area contributed by atoms with Crippen LogP contribution in [0.2, 0.25) is 10.4 Å². The zero-order valence-electron chi connectivity index (χ0n) is 8.39. The Morgan fingerprint density at radius 3 is 2.33 bits per heavy atom. The first-order valence-corrected chi connectivity index (χ1v) is 5.20. The molecule has 0 aliphatic rings. The van der Waals surface area contributed by atoms with E-state index in [1.54, 1.807) is 0 Å². The Kier molecular flexibility index (Phi) is 3.53. The third kappa shape index (κ3) is 2.62. The molecule has 2 aromatic rings. The van der Waals surface area contributed by atoms with Crippen molar-refractivity contribution in [1.82, 2.24) is 15.2 Å². The zero-order valence-corrected chi connectivity index (χ0v) is 9.90. The van der Waals surface area contributed by atoms with Crippen molar-refractivity contribution in [1.29, 1.82) is 0 Å². The number of nitrogens with zero attached hydrogens (tertiary/aromatic N) is 3. The molecule has 0 fully saturated rings. The fourth-order valence-electron chi connectivity index (χ4n) is 1.12. The zero-order chi connectivity index (χ0) is 13.3. The largest absolute Gasteiger partial charge is 0.335 e. The van der Waals surface area contributed by atoms with Crippen LogP contribution >= 0.6 is 23.2 Å². The van der Waals surface area contributed by atoms with Gasteiger partial charge < -0.3 is 5.32 Å². The van der Waals surface area contributed by atoms with Gasteiger partial charge in [0.15, 0.2) is 22.6 Å². The lowest BCUT2D eigenvalue weighted by Gasteiger charge is -2.07. The first kappa shape index (κ1) is 12.8. The molecule has 0 spiro atoms. The van der Waals surface area contributed by atoms with Gasteiger partial charge in [0.25, 0.3) is 0 Å². The third-order valence-electron chi connectivity index (χ3n) is 1.88. The minimum absolute atomic E-state index is 0.124. The number of hydrogen-bond donors (Lipinski definition) is 1. The fraction of sp³-hybridized carbons (Fsp3) is 0. The van der Waals surface area contributed by atoms with Crippen LogP contribution in [-0.4, -0.2) is 15.2 Å². The van der Waals surface area contributed by atoms with Gasteiger partial charge in [0.2, 0.25) is 5.28 Å². The van der Waals surface area contributed by atoms with Gasteiger partial charge in [-0.3, -0.25) is 0 Å². The Balaban J connectivity index is 2.40. The number of hydrogen-bond acceptors (Lipinski definition) is 4. The molecule has 1 N–H and O–H groups in total. The molecule has 1 aromatic heterocycles. The molecule has 0 atom stereocenters. The number of halogens is 5. The average molecular weight is 295 g/mol. The molecule has 0 aliphatic heterocycles. The SMILES string of the molecule is Fc1cc(F)c(Nc2nc(Cl)nnc2Cl)cc1F. The number of anilines is 2. The molecule has 9 heteroatoms. The molecule has 0 radical (unpaired) electrons. The summed E-state index contributed by atoms with van der Waals surface area (Å²) >= 11 is 11.1. The third-order valence-corrected chi connectivity index (χ3v) is 2.30. The standard InChI is InChI=1S/C9H3Cl2F3N4/c10-7-8(16-9(11)18-17-7)15-6-2-4(13)3(12)1-5(6)14/h1-2H,(H,15,16,18). The Bertz CT molecular complexity index is 609. The van der Waals surface area contributed by atoms with Gasteiger partial charge in [0, 0.05) is 12.1 Å². The van der Waals surface area contributed by atoms with Crippen LogP contribution in [0.3, 0.4) is 0 Å². The summed E-state index contributed by atoms with van der Waals surface area (Å²) in [6, 6.07) is 1.01. The quantitative estimate of drug-likeness (QED) is 0.863. The molecule has 0 saturated carbocycles. The Labute approximate surface area is 109 Å². The molecule has 94 valence electrons. The number of nitrogens with one attached hydrogen (secondary N) is 1. The van der Waals surface area contributed by atoms with Crippen molar-refractivity contribution in [3.8, 4) is 0 Å². The molecule has 1 heterocycles. The Morgan fingerprint density at radius 2 is 1.61 bits per heavy atom. The van der Waals surface area contributed by atoms with Gasteiger partial charge in [-0.25, -0.2) is 13.2 Å². The maximum atomic E-state index is 13.3. The van der Waals surface area contributed by atoms with E-state index in [9.17, 15) is 13.2 Å². The Morgan fingerprint density at radius 1 is 0.944 bits per heavy atom. The van der Waals surface area contributed by atoms with Crippen molar-refractivity contribution in [3.63, 3.8) is 0 Å². The molecule has 0 amide bonds. The van der Waals surface area contributed by atoms with Crippen molar-refractivity contribution in [2.75, 3.05) is 5.32 Å². The highest BCUT2D eigenvalue weighted by Gasteiger charge is 2.13. The van der Waals surface area contributed by atoms with E-state index in [4.69, 9.17) is 23.2 Å². The van der Waals surface area contributed by atoms with Crippen molar-refractivity contribution in [2.45, 2.75) is 0 Å². The summed E-state index contributed by atoms with van der Waals surface area (Å²) in [6.07, 6.45) is 0. The number of aromatic nitrogens is 3. The summed E-state index contributed by atoms with van der Waals surface area (Å²) < 4.78 is 39.0. The van der Waals surface area contributed by atoms with Gasteiger partial charge in [-0.2, -0.15) is 4.98 Å². The van der Waals surface area contributed by atoms with Gasteiger partial charge in [0.1, 0.15) is 5.82 Å². The second kappa shape index (κ2) is 4.95. The van der Waals surface area contributed by atoms with E-state index in [1.807, 2.05) is 0 Å². The second-order valence-corrected chi connectivity index (χ2v) is 3.79. The molecule has 18 heavy (non-hydrogen) atoms. The van der Waals surface area contributed by atoms with Crippen LogP contribution in [0.25, 0.3) is 0 Å². The topological polar surface area (TPSA) is 50.7 Å². The number of benzene rings is 1. The first-order valence-electron chi connectivity index (χ1n) is 4.44. The number of rotatable bonds is 2. The molecule has 1 aromatic carbocycles. The van der Waals surface area contributed by atoms with Crippen molar-refractivity contribution >= 4 is 34.7 Å². The van der Waals surface area contributed by atoms with E-state index in [0.29, 0.717) is 12.1 Å². The maximum Gasteiger partial charge on any atom is 0.245 e. The lowest BCUT2D eigenvalue weighted by Crippen LogP contribution is -2.02. The van der Waals surface area contributed by atoms with Crippen molar-refractivity contribution in [2.24, 2.45) is 0 Å². The van der Waals surface area contributed by atoms with Gasteiger partial charge in [-0.15, -0.1) is 10.2 Å². The average Bonchev–Trinajstić information content (AvgIpc) is 2.30. The van der Waals surface area contributed by atoms with Gasteiger partial charge in [-0.1, -0.05) is 11.6 Å². The lowest BCUT2D eigenvalue weighted by atomic mass is 10.3. The van der Waals surface area contributed by atoms with Crippen molar-refractivity contribution < 1.29 is 13.2 Å². The highest BCUT2D eigenvalue weighted by Crippen LogP contribution is 2.25. The molecule has 0 aliphatic carbocycles. The Hall–Kier alpha value is -1.60. The van der Waals surface area contributed by atoms with E-state index in [-0.39, 0.29) is 21.9 Å². The maximum absolute atomic E-state index is 13.3. The highest BCUT2D eigenvalue weighted by molar-refractivity contribution is 6.32. The molecule has 2 rings (SSSR count). The van der Waals surface area contributed by atoms with Crippen LogP contribution in [0.15, 0.2) is 12.1 Å². The normalized spacial score (nSPS) is 10.5. The minimum atomic E-state index is -1.30.